The molecule has 0 spiro atoms. The highest BCUT2D eigenvalue weighted by atomic mass is 16.4. The predicted octanol–water partition coefficient (Wildman–Crippen LogP) is 5.99. The van der Waals surface area contributed by atoms with E-state index in [0.29, 0.717) is 12.1 Å². The van der Waals surface area contributed by atoms with Crippen LogP contribution in [0.5, 0.6) is 0 Å². The number of rotatable bonds is 4. The molecule has 0 fully saturated rings. The number of para-hydroxylation sites is 1. The van der Waals surface area contributed by atoms with Crippen molar-refractivity contribution in [2.45, 2.75) is 64.7 Å². The van der Waals surface area contributed by atoms with Crippen molar-refractivity contribution in [1.82, 2.24) is 0 Å². The number of nitrogens with zero attached hydrogens (tertiary/aromatic N) is 1. The molecule has 0 atom stereocenters. The molecule has 0 aromatic heterocycles. The number of hydrogen-bond acceptors (Lipinski definition) is 2. The molecule has 0 heterocycles. The van der Waals surface area contributed by atoms with Crippen LogP contribution >= 0.6 is 0 Å². The highest BCUT2D eigenvalue weighted by Crippen LogP contribution is 2.45. The van der Waals surface area contributed by atoms with E-state index in [1.807, 2.05) is 19.2 Å². The van der Waals surface area contributed by atoms with E-state index in [9.17, 15) is 9.90 Å². The summed E-state index contributed by atoms with van der Waals surface area (Å²) in [5.74, 6) is -0.941. The quantitative estimate of drug-likeness (QED) is 0.679. The lowest BCUT2D eigenvalue weighted by molar-refractivity contribution is 0.0697. The second-order valence-corrected chi connectivity index (χ2v) is 8.94. The Morgan fingerprint density at radius 2 is 1.74 bits per heavy atom. The second-order valence-electron chi connectivity index (χ2n) is 8.94. The summed E-state index contributed by atoms with van der Waals surface area (Å²) in [5, 5.41) is 9.37. The maximum Gasteiger partial charge on any atom is 0.337 e. The smallest absolute Gasteiger partial charge is 0.337 e. The van der Waals surface area contributed by atoms with Crippen molar-refractivity contribution in [2.24, 2.45) is 4.99 Å². The minimum atomic E-state index is -0.941. The van der Waals surface area contributed by atoms with Crippen molar-refractivity contribution in [3.8, 4) is 0 Å². The van der Waals surface area contributed by atoms with E-state index in [1.54, 1.807) is 12.1 Å². The van der Waals surface area contributed by atoms with Gasteiger partial charge in [-0.15, -0.1) is 0 Å². The Bertz CT molecular complexity index is 907. The molecule has 0 radical (unpaired) electrons. The topological polar surface area (TPSA) is 49.7 Å². The molecule has 0 bridgehead atoms. The standard InChI is InChI=1S/C24H29NO2/c1-16-7-6-8-18(22(26)27)21(16)25-14-11-17-9-10-19-20(15-17)24(4,5)13-12-23(19,2)3/h6-10,14-15H,11-13H2,1-5H3,(H,26,27). The van der Waals surface area contributed by atoms with Gasteiger partial charge in [0.25, 0.3) is 0 Å². The minimum Gasteiger partial charge on any atom is -0.478 e. The number of carboxylic acid groups (broad SMARTS) is 1. The minimum absolute atomic E-state index is 0.185. The van der Waals surface area contributed by atoms with E-state index in [-0.39, 0.29) is 16.4 Å². The number of fused-ring (bicyclic) bond motifs is 1. The van der Waals surface area contributed by atoms with Gasteiger partial charge in [-0.1, -0.05) is 58.0 Å². The Labute approximate surface area is 162 Å². The third-order valence-electron chi connectivity index (χ3n) is 5.93. The molecule has 0 aliphatic heterocycles. The third-order valence-corrected chi connectivity index (χ3v) is 5.93. The maximum atomic E-state index is 11.4. The van der Waals surface area contributed by atoms with Gasteiger partial charge in [0, 0.05) is 12.6 Å². The zero-order valence-electron chi connectivity index (χ0n) is 17.0. The monoisotopic (exact) mass is 363 g/mol. The van der Waals surface area contributed by atoms with E-state index in [1.165, 1.54) is 29.5 Å². The molecule has 0 saturated heterocycles. The molecule has 3 heteroatoms. The van der Waals surface area contributed by atoms with Gasteiger partial charge in [0.1, 0.15) is 0 Å². The summed E-state index contributed by atoms with van der Waals surface area (Å²) in [5.41, 5.74) is 6.18. The largest absolute Gasteiger partial charge is 0.478 e. The Hall–Kier alpha value is -2.42. The van der Waals surface area contributed by atoms with E-state index >= 15 is 0 Å². The number of aliphatic imine (C=N–C) groups is 1. The Morgan fingerprint density at radius 1 is 1.07 bits per heavy atom. The van der Waals surface area contributed by atoms with Crippen molar-refractivity contribution in [2.75, 3.05) is 0 Å². The lowest BCUT2D eigenvalue weighted by Gasteiger charge is -2.42. The normalized spacial score (nSPS) is 17.7. The lowest BCUT2D eigenvalue weighted by Crippen LogP contribution is -2.33. The fourth-order valence-electron chi connectivity index (χ4n) is 4.01. The van der Waals surface area contributed by atoms with Crippen LogP contribution in [-0.2, 0) is 17.3 Å². The predicted molar refractivity (Wildman–Crippen MR) is 112 cm³/mol. The maximum absolute atomic E-state index is 11.4. The molecule has 3 nitrogen and oxygen atoms in total. The Morgan fingerprint density at radius 3 is 2.41 bits per heavy atom. The molecular formula is C24H29NO2. The highest BCUT2D eigenvalue weighted by Gasteiger charge is 2.36. The van der Waals surface area contributed by atoms with Gasteiger partial charge in [0.05, 0.1) is 11.3 Å². The van der Waals surface area contributed by atoms with E-state index in [2.05, 4.69) is 50.9 Å². The fourth-order valence-corrected chi connectivity index (χ4v) is 4.01. The van der Waals surface area contributed by atoms with Gasteiger partial charge < -0.3 is 5.11 Å². The van der Waals surface area contributed by atoms with Crippen molar-refractivity contribution in [1.29, 1.82) is 0 Å². The summed E-state index contributed by atoms with van der Waals surface area (Å²) in [6.45, 7) is 11.2. The fraction of sp³-hybridized carbons (Fsp3) is 0.417. The van der Waals surface area contributed by atoms with E-state index in [0.717, 1.165) is 5.56 Å². The van der Waals surface area contributed by atoms with Gasteiger partial charge in [-0.3, -0.25) is 4.99 Å². The van der Waals surface area contributed by atoms with Gasteiger partial charge in [0.2, 0.25) is 0 Å². The zero-order valence-corrected chi connectivity index (χ0v) is 17.0. The number of aromatic carboxylic acids is 1. The van der Waals surface area contributed by atoms with Gasteiger partial charge in [-0.2, -0.15) is 0 Å². The molecule has 2 aromatic carbocycles. The average Bonchev–Trinajstić information content (AvgIpc) is 2.60. The van der Waals surface area contributed by atoms with Gasteiger partial charge in [-0.25, -0.2) is 4.79 Å². The van der Waals surface area contributed by atoms with Crippen molar-refractivity contribution < 1.29 is 9.90 Å². The molecule has 1 N–H and O–H groups in total. The Balaban J connectivity index is 1.89. The first-order chi connectivity index (χ1) is 12.6. The number of benzene rings is 2. The SMILES string of the molecule is Cc1cccc(C(=O)O)c1N=CCc1ccc2c(c1)C(C)(C)CCC2(C)C. The van der Waals surface area contributed by atoms with Crippen LogP contribution in [0.4, 0.5) is 5.69 Å². The third kappa shape index (κ3) is 3.83. The number of hydrogen-bond donors (Lipinski definition) is 1. The summed E-state index contributed by atoms with van der Waals surface area (Å²) < 4.78 is 0. The van der Waals surface area contributed by atoms with Crippen molar-refractivity contribution >= 4 is 17.9 Å². The summed E-state index contributed by atoms with van der Waals surface area (Å²) >= 11 is 0. The van der Waals surface area contributed by atoms with Crippen LogP contribution < -0.4 is 0 Å². The van der Waals surface area contributed by atoms with Crippen LogP contribution in [0.3, 0.4) is 0 Å². The summed E-state index contributed by atoms with van der Waals surface area (Å²) in [6, 6.07) is 12.0. The van der Waals surface area contributed by atoms with Gasteiger partial charge >= 0.3 is 5.97 Å². The molecule has 142 valence electrons. The molecule has 1 aliphatic rings. The molecule has 2 aromatic rings. The van der Waals surface area contributed by atoms with E-state index < -0.39 is 5.97 Å². The lowest BCUT2D eigenvalue weighted by atomic mass is 9.63. The Kier molecular flexibility index (Phi) is 4.98. The zero-order chi connectivity index (χ0) is 19.8. The van der Waals surface area contributed by atoms with Crippen LogP contribution in [0.25, 0.3) is 0 Å². The van der Waals surface area contributed by atoms with Crippen LogP contribution in [-0.4, -0.2) is 17.3 Å². The second kappa shape index (κ2) is 6.95. The average molecular weight is 364 g/mol. The van der Waals surface area contributed by atoms with Crippen molar-refractivity contribution in [3.63, 3.8) is 0 Å². The summed E-state index contributed by atoms with van der Waals surface area (Å²) in [4.78, 5) is 15.9. The highest BCUT2D eigenvalue weighted by molar-refractivity contribution is 5.95. The van der Waals surface area contributed by atoms with Crippen LogP contribution in [0.15, 0.2) is 41.4 Å². The molecule has 27 heavy (non-hydrogen) atoms. The first-order valence-corrected chi connectivity index (χ1v) is 9.61. The summed E-state index contributed by atoms with van der Waals surface area (Å²) in [6.07, 6.45) is 4.92. The first kappa shape index (κ1) is 19.3. The van der Waals surface area contributed by atoms with Gasteiger partial charge in [0.15, 0.2) is 0 Å². The van der Waals surface area contributed by atoms with Crippen LogP contribution in [0.2, 0.25) is 0 Å². The first-order valence-electron chi connectivity index (χ1n) is 9.61. The summed E-state index contributed by atoms with van der Waals surface area (Å²) in [7, 11) is 0. The molecule has 0 amide bonds. The van der Waals surface area contributed by atoms with Gasteiger partial charge in [-0.05, 0) is 58.9 Å². The molecule has 1 aliphatic carbocycles. The number of aryl methyl sites for hydroxylation is 1. The molecule has 0 unspecified atom stereocenters. The van der Waals surface area contributed by atoms with E-state index in [4.69, 9.17) is 0 Å². The molecule has 0 saturated carbocycles. The van der Waals surface area contributed by atoms with Crippen molar-refractivity contribution in [3.05, 3.63) is 64.2 Å². The van der Waals surface area contributed by atoms with Crippen LogP contribution in [0, 0.1) is 6.92 Å². The number of carbonyl (C=O) groups is 1. The number of carboxylic acids is 1. The van der Waals surface area contributed by atoms with Crippen LogP contribution in [0.1, 0.15) is 73.1 Å². The molecule has 3 rings (SSSR count). The molecular weight excluding hydrogens is 334 g/mol.